The van der Waals surface area contributed by atoms with Crippen LogP contribution in [0.15, 0.2) is 24.3 Å². The van der Waals surface area contributed by atoms with Crippen LogP contribution in [0, 0.1) is 5.92 Å². The molecular formula is C16H23N3O. The Bertz CT molecular complexity index is 465. The van der Waals surface area contributed by atoms with Gasteiger partial charge in [0.1, 0.15) is 0 Å². The minimum absolute atomic E-state index is 0.0537. The summed E-state index contributed by atoms with van der Waals surface area (Å²) in [6, 6.07) is 8.24. The molecule has 1 heterocycles. The maximum absolute atomic E-state index is 12.0. The molecule has 1 aromatic carbocycles. The van der Waals surface area contributed by atoms with Crippen LogP contribution < -0.4 is 16.0 Å². The van der Waals surface area contributed by atoms with Crippen molar-refractivity contribution in [1.82, 2.24) is 10.6 Å². The fourth-order valence-corrected chi connectivity index (χ4v) is 2.61. The van der Waals surface area contributed by atoms with Gasteiger partial charge in [-0.2, -0.15) is 0 Å². The molecule has 1 aromatic rings. The molecule has 2 fully saturated rings. The second kappa shape index (κ2) is 6.27. The minimum Gasteiger partial charge on any atom is -0.385 e. The third-order valence-corrected chi connectivity index (χ3v) is 4.09. The molecule has 3 N–H and O–H groups in total. The monoisotopic (exact) mass is 273 g/mol. The smallest absolute Gasteiger partial charge is 0.251 e. The van der Waals surface area contributed by atoms with E-state index in [0.29, 0.717) is 6.04 Å². The predicted octanol–water partition coefficient (Wildman–Crippen LogP) is 1.99. The van der Waals surface area contributed by atoms with Gasteiger partial charge in [0.15, 0.2) is 0 Å². The number of carbonyl (C=O) groups excluding carboxylic acids is 1. The first-order chi connectivity index (χ1) is 9.81. The van der Waals surface area contributed by atoms with Crippen molar-refractivity contribution < 1.29 is 4.79 Å². The van der Waals surface area contributed by atoms with E-state index in [1.165, 1.54) is 12.8 Å². The van der Waals surface area contributed by atoms with Crippen LogP contribution in [0.3, 0.4) is 0 Å². The van der Waals surface area contributed by atoms with Crippen molar-refractivity contribution in [2.45, 2.75) is 31.7 Å². The summed E-state index contributed by atoms with van der Waals surface area (Å²) in [6.45, 7) is 3.24. The van der Waals surface area contributed by atoms with Crippen LogP contribution in [0.25, 0.3) is 0 Å². The number of anilines is 1. The normalized spacial score (nSPS) is 19.6. The van der Waals surface area contributed by atoms with E-state index in [9.17, 15) is 4.79 Å². The number of amides is 1. The number of piperidine rings is 1. The van der Waals surface area contributed by atoms with E-state index < -0.39 is 0 Å². The Hall–Kier alpha value is -1.55. The topological polar surface area (TPSA) is 53.2 Å². The lowest BCUT2D eigenvalue weighted by molar-refractivity contribution is 0.0951. The van der Waals surface area contributed by atoms with E-state index in [1.807, 2.05) is 24.3 Å². The van der Waals surface area contributed by atoms with E-state index in [2.05, 4.69) is 16.0 Å². The van der Waals surface area contributed by atoms with Crippen molar-refractivity contribution in [2.75, 3.05) is 25.0 Å². The molecule has 4 heteroatoms. The van der Waals surface area contributed by atoms with E-state index in [4.69, 9.17) is 0 Å². The van der Waals surface area contributed by atoms with Crippen LogP contribution in [0.2, 0.25) is 0 Å². The van der Waals surface area contributed by atoms with Gasteiger partial charge in [-0.3, -0.25) is 4.79 Å². The SMILES string of the molecule is O=C(NC1CC1)c1cccc(NCC2CCNCC2)c1. The van der Waals surface area contributed by atoms with Crippen molar-refractivity contribution in [1.29, 1.82) is 0 Å². The summed E-state index contributed by atoms with van der Waals surface area (Å²) in [5.41, 5.74) is 1.80. The van der Waals surface area contributed by atoms with Gasteiger partial charge in [-0.1, -0.05) is 6.07 Å². The number of hydrogen-bond acceptors (Lipinski definition) is 3. The first-order valence-corrected chi connectivity index (χ1v) is 7.67. The van der Waals surface area contributed by atoms with Crippen LogP contribution in [-0.4, -0.2) is 31.6 Å². The number of rotatable bonds is 5. The number of carbonyl (C=O) groups is 1. The maximum Gasteiger partial charge on any atom is 0.251 e. The van der Waals surface area contributed by atoms with Gasteiger partial charge in [-0.25, -0.2) is 0 Å². The average Bonchev–Trinajstić information content (AvgIpc) is 3.30. The third kappa shape index (κ3) is 3.73. The standard InChI is InChI=1S/C16H23N3O/c20-16(19-14-4-5-14)13-2-1-3-15(10-13)18-11-12-6-8-17-9-7-12/h1-3,10,12,14,17-18H,4-9,11H2,(H,19,20). The average molecular weight is 273 g/mol. The molecule has 20 heavy (non-hydrogen) atoms. The zero-order chi connectivity index (χ0) is 13.8. The van der Waals surface area contributed by atoms with Gasteiger partial charge in [-0.15, -0.1) is 0 Å². The molecule has 3 rings (SSSR count). The minimum atomic E-state index is 0.0537. The van der Waals surface area contributed by atoms with Crippen molar-refractivity contribution in [2.24, 2.45) is 5.92 Å². The first kappa shape index (κ1) is 13.4. The van der Waals surface area contributed by atoms with Gasteiger partial charge in [0.25, 0.3) is 5.91 Å². The molecule has 0 bridgehead atoms. The molecule has 0 unspecified atom stereocenters. The lowest BCUT2D eigenvalue weighted by Gasteiger charge is -2.23. The number of hydrogen-bond donors (Lipinski definition) is 3. The highest BCUT2D eigenvalue weighted by Gasteiger charge is 2.23. The summed E-state index contributed by atoms with van der Waals surface area (Å²) in [6.07, 6.45) is 4.71. The van der Waals surface area contributed by atoms with E-state index in [0.717, 1.165) is 49.6 Å². The second-order valence-electron chi connectivity index (χ2n) is 5.90. The predicted molar refractivity (Wildman–Crippen MR) is 81.0 cm³/mol. The van der Waals surface area contributed by atoms with Crippen molar-refractivity contribution in [3.63, 3.8) is 0 Å². The molecule has 0 radical (unpaired) electrons. The van der Waals surface area contributed by atoms with E-state index in [-0.39, 0.29) is 5.91 Å². The second-order valence-corrected chi connectivity index (χ2v) is 5.90. The quantitative estimate of drug-likeness (QED) is 0.769. The molecular weight excluding hydrogens is 250 g/mol. The molecule has 1 saturated carbocycles. The first-order valence-electron chi connectivity index (χ1n) is 7.67. The summed E-state index contributed by atoms with van der Waals surface area (Å²) < 4.78 is 0. The Labute approximate surface area is 120 Å². The maximum atomic E-state index is 12.0. The lowest BCUT2D eigenvalue weighted by atomic mass is 9.98. The summed E-state index contributed by atoms with van der Waals surface area (Å²) >= 11 is 0. The lowest BCUT2D eigenvalue weighted by Crippen LogP contribution is -2.31. The largest absolute Gasteiger partial charge is 0.385 e. The van der Waals surface area contributed by atoms with Gasteiger partial charge in [0, 0.05) is 23.8 Å². The zero-order valence-electron chi connectivity index (χ0n) is 11.8. The van der Waals surface area contributed by atoms with Crippen LogP contribution in [0.4, 0.5) is 5.69 Å². The van der Waals surface area contributed by atoms with Crippen molar-refractivity contribution >= 4 is 11.6 Å². The summed E-state index contributed by atoms with van der Waals surface area (Å²) in [5.74, 6) is 0.790. The molecule has 2 aliphatic rings. The third-order valence-electron chi connectivity index (χ3n) is 4.09. The molecule has 1 amide bonds. The highest BCUT2D eigenvalue weighted by Crippen LogP contribution is 2.20. The van der Waals surface area contributed by atoms with Crippen molar-refractivity contribution in [3.8, 4) is 0 Å². The van der Waals surface area contributed by atoms with Crippen LogP contribution in [-0.2, 0) is 0 Å². The molecule has 1 aliphatic heterocycles. The highest BCUT2D eigenvalue weighted by atomic mass is 16.1. The molecule has 0 aromatic heterocycles. The Kier molecular flexibility index (Phi) is 4.21. The van der Waals surface area contributed by atoms with E-state index in [1.54, 1.807) is 0 Å². The molecule has 0 atom stereocenters. The molecule has 1 saturated heterocycles. The van der Waals surface area contributed by atoms with Gasteiger partial charge < -0.3 is 16.0 Å². The van der Waals surface area contributed by atoms with Gasteiger partial charge in [-0.05, 0) is 62.9 Å². The number of nitrogens with one attached hydrogen (secondary N) is 3. The van der Waals surface area contributed by atoms with Crippen LogP contribution >= 0.6 is 0 Å². The van der Waals surface area contributed by atoms with Gasteiger partial charge in [0.05, 0.1) is 0 Å². The highest BCUT2D eigenvalue weighted by molar-refractivity contribution is 5.95. The Morgan fingerprint density at radius 1 is 1.20 bits per heavy atom. The zero-order valence-corrected chi connectivity index (χ0v) is 11.8. The Morgan fingerprint density at radius 2 is 2.00 bits per heavy atom. The Morgan fingerprint density at radius 3 is 2.75 bits per heavy atom. The van der Waals surface area contributed by atoms with Crippen LogP contribution in [0.5, 0.6) is 0 Å². The fourth-order valence-electron chi connectivity index (χ4n) is 2.61. The fraction of sp³-hybridized carbons (Fsp3) is 0.562. The van der Waals surface area contributed by atoms with Gasteiger partial charge >= 0.3 is 0 Å². The Balaban J connectivity index is 1.54. The van der Waals surface area contributed by atoms with Crippen molar-refractivity contribution in [3.05, 3.63) is 29.8 Å². The van der Waals surface area contributed by atoms with E-state index >= 15 is 0 Å². The summed E-state index contributed by atoms with van der Waals surface area (Å²) in [7, 11) is 0. The van der Waals surface area contributed by atoms with Crippen LogP contribution in [0.1, 0.15) is 36.0 Å². The van der Waals surface area contributed by atoms with Gasteiger partial charge in [0.2, 0.25) is 0 Å². The molecule has 1 aliphatic carbocycles. The number of benzene rings is 1. The summed E-state index contributed by atoms with van der Waals surface area (Å²) in [4.78, 5) is 12.0. The molecule has 108 valence electrons. The molecule has 4 nitrogen and oxygen atoms in total. The molecule has 0 spiro atoms. The summed E-state index contributed by atoms with van der Waals surface area (Å²) in [5, 5.41) is 9.88.